The Morgan fingerprint density at radius 1 is 0.767 bits per heavy atom. The molecule has 1 amide bonds. The van der Waals surface area contributed by atoms with Gasteiger partial charge in [-0.1, -0.05) is 17.2 Å². The number of aliphatic hydroxyl groups excluding tert-OH is 1. The zero-order valence-electron chi connectivity index (χ0n) is 33.0. The number of azide groups is 1. The number of ether oxygens (including phenoxy) is 9. The van der Waals surface area contributed by atoms with Crippen LogP contribution in [0.25, 0.3) is 10.4 Å². The van der Waals surface area contributed by atoms with Crippen LogP contribution in [0.3, 0.4) is 0 Å². The standard InChI is InChI=1S/C36H46N4O19S/c1-22(42)52-21-31-32(53-23(2)43)33(54-24(3)44)34(55-25(4)45)36(57-31)56-29-10-7-27(19-30(29)59-60(47,48)58-28-8-5-26(20-41)6-9-28)35(46)38-11-13-49-15-17-51-18-16-50-14-12-39-40-37/h5-10,19,31-34,36,41H,11-18,20-21H2,1-4H3,(H,38,46)/t31-,32+,33+,34+,36?/m1/s1. The number of carbonyl (C=O) groups excluding carboxylic acids is 5. The fourth-order valence-corrected chi connectivity index (χ4v) is 5.88. The number of rotatable bonds is 25. The molecule has 1 aliphatic heterocycles. The highest BCUT2D eigenvalue weighted by Gasteiger charge is 2.53. The molecule has 0 radical (unpaired) electrons. The molecule has 1 fully saturated rings. The fourth-order valence-electron chi connectivity index (χ4n) is 5.15. The van der Waals surface area contributed by atoms with Crippen LogP contribution in [-0.2, 0) is 74.1 Å². The number of amides is 1. The second-order valence-electron chi connectivity index (χ2n) is 12.3. The van der Waals surface area contributed by atoms with Crippen LogP contribution in [0.15, 0.2) is 47.6 Å². The monoisotopic (exact) mass is 870 g/mol. The van der Waals surface area contributed by atoms with Gasteiger partial charge >= 0.3 is 34.3 Å². The van der Waals surface area contributed by atoms with E-state index in [0.717, 1.165) is 39.8 Å². The average molecular weight is 871 g/mol. The van der Waals surface area contributed by atoms with Gasteiger partial charge in [0.1, 0.15) is 18.5 Å². The third kappa shape index (κ3) is 17.2. The largest absolute Gasteiger partial charge is 0.501 e. The summed E-state index contributed by atoms with van der Waals surface area (Å²) in [6.07, 6.45) is -8.05. The molecule has 1 aliphatic rings. The van der Waals surface area contributed by atoms with Gasteiger partial charge in [-0.05, 0) is 41.4 Å². The molecular weight excluding hydrogens is 824 g/mol. The minimum Gasteiger partial charge on any atom is -0.463 e. The highest BCUT2D eigenvalue weighted by Crippen LogP contribution is 2.36. The molecule has 1 heterocycles. The third-order valence-electron chi connectivity index (χ3n) is 7.57. The second kappa shape index (κ2) is 25.0. The SMILES string of the molecule is CC(=O)OC[C@H]1OC(Oc2ccc(C(=O)NCCOCCOCCOCCN=[N+]=[N-])cc2OS(=O)(=O)Oc2ccc(CO)cc2)[C@@H](OC(C)=O)[C@@H](OC(C)=O)[C@H]1OC(C)=O. The summed E-state index contributed by atoms with van der Waals surface area (Å²) in [5, 5.41) is 15.3. The highest BCUT2D eigenvalue weighted by molar-refractivity contribution is 7.82. The van der Waals surface area contributed by atoms with E-state index in [9.17, 15) is 37.5 Å². The fraction of sp³-hybridized carbons (Fsp3) is 0.528. The van der Waals surface area contributed by atoms with Crippen LogP contribution in [0.1, 0.15) is 43.6 Å². The van der Waals surface area contributed by atoms with Crippen LogP contribution in [0.2, 0.25) is 0 Å². The van der Waals surface area contributed by atoms with Gasteiger partial charge in [0, 0.05) is 51.3 Å². The zero-order chi connectivity index (χ0) is 44.1. The quantitative estimate of drug-likeness (QED) is 0.0356. The van der Waals surface area contributed by atoms with Gasteiger partial charge in [-0.3, -0.25) is 24.0 Å². The van der Waals surface area contributed by atoms with Crippen molar-refractivity contribution in [3.05, 3.63) is 64.0 Å². The number of hydrogen-bond donors (Lipinski definition) is 2. The van der Waals surface area contributed by atoms with Gasteiger partial charge in [-0.2, -0.15) is 0 Å². The Kier molecular flexibility index (Phi) is 20.3. The van der Waals surface area contributed by atoms with Crippen LogP contribution in [0, 0.1) is 0 Å². The van der Waals surface area contributed by atoms with E-state index in [1.54, 1.807) is 0 Å². The number of aliphatic hydroxyl groups is 1. The Morgan fingerprint density at radius 3 is 1.97 bits per heavy atom. The number of esters is 4. The molecular formula is C36H46N4O19S. The zero-order valence-corrected chi connectivity index (χ0v) is 33.9. The van der Waals surface area contributed by atoms with Crippen LogP contribution in [-0.4, -0.2) is 133 Å². The summed E-state index contributed by atoms with van der Waals surface area (Å²) in [4.78, 5) is 64.3. The predicted octanol–water partition coefficient (Wildman–Crippen LogP) is 1.43. The average Bonchev–Trinajstić information content (AvgIpc) is 3.18. The maximum atomic E-state index is 13.2. The number of benzene rings is 2. The van der Waals surface area contributed by atoms with Crippen LogP contribution < -0.4 is 18.4 Å². The first-order valence-corrected chi connectivity index (χ1v) is 19.4. The second-order valence-corrected chi connectivity index (χ2v) is 13.4. The summed E-state index contributed by atoms with van der Waals surface area (Å²) >= 11 is 0. The lowest BCUT2D eigenvalue weighted by Crippen LogP contribution is -2.63. The molecule has 3 rings (SSSR count). The van der Waals surface area contributed by atoms with E-state index in [1.807, 2.05) is 0 Å². The normalized spacial score (nSPS) is 18.5. The number of nitrogens with zero attached hydrogens (tertiary/aromatic N) is 3. The molecule has 60 heavy (non-hydrogen) atoms. The van der Waals surface area contributed by atoms with Gasteiger partial charge < -0.3 is 61.4 Å². The molecule has 0 bridgehead atoms. The highest BCUT2D eigenvalue weighted by atomic mass is 32.3. The molecule has 23 nitrogen and oxygen atoms in total. The van der Waals surface area contributed by atoms with E-state index in [2.05, 4.69) is 15.3 Å². The third-order valence-corrected chi connectivity index (χ3v) is 8.35. The summed E-state index contributed by atoms with van der Waals surface area (Å²) in [6.45, 7) is 4.84. The summed E-state index contributed by atoms with van der Waals surface area (Å²) in [5.41, 5.74) is 8.57. The summed E-state index contributed by atoms with van der Waals surface area (Å²) < 4.78 is 86.1. The van der Waals surface area contributed by atoms with Crippen molar-refractivity contribution < 1.29 is 88.5 Å². The number of carbonyl (C=O) groups is 5. The lowest BCUT2D eigenvalue weighted by Gasteiger charge is -2.43. The first-order chi connectivity index (χ1) is 28.6. The minimum atomic E-state index is -5.01. The Balaban J connectivity index is 1.86. The van der Waals surface area contributed by atoms with Gasteiger partial charge in [-0.15, -0.1) is 8.42 Å². The molecule has 1 saturated heterocycles. The van der Waals surface area contributed by atoms with Crippen molar-refractivity contribution in [1.82, 2.24) is 5.32 Å². The van der Waals surface area contributed by atoms with E-state index in [0.29, 0.717) is 12.2 Å². The first-order valence-electron chi connectivity index (χ1n) is 18.1. The molecule has 2 N–H and O–H groups in total. The minimum absolute atomic E-state index is 0.0196. The Bertz CT molecular complexity index is 1910. The van der Waals surface area contributed by atoms with Crippen molar-refractivity contribution >= 4 is 40.2 Å². The topological polar surface area (TPSA) is 302 Å². The van der Waals surface area contributed by atoms with Crippen molar-refractivity contribution in [2.75, 3.05) is 59.3 Å². The van der Waals surface area contributed by atoms with Crippen LogP contribution >= 0.6 is 0 Å². The molecule has 24 heteroatoms. The van der Waals surface area contributed by atoms with Gasteiger partial charge in [0.15, 0.2) is 23.7 Å². The Morgan fingerprint density at radius 2 is 1.37 bits per heavy atom. The lowest BCUT2D eigenvalue weighted by molar-refractivity contribution is -0.288. The van der Waals surface area contributed by atoms with E-state index in [-0.39, 0.29) is 64.0 Å². The van der Waals surface area contributed by atoms with Crippen molar-refractivity contribution in [3.8, 4) is 17.2 Å². The van der Waals surface area contributed by atoms with Gasteiger partial charge in [0.25, 0.3) is 5.91 Å². The maximum Gasteiger partial charge on any atom is 0.501 e. The van der Waals surface area contributed by atoms with Crippen LogP contribution in [0.5, 0.6) is 17.2 Å². The van der Waals surface area contributed by atoms with Crippen LogP contribution in [0.4, 0.5) is 0 Å². The molecule has 1 unspecified atom stereocenters. The van der Waals surface area contributed by atoms with E-state index < -0.39 is 89.0 Å². The summed E-state index contributed by atoms with van der Waals surface area (Å²) in [5.74, 6) is -5.45. The smallest absolute Gasteiger partial charge is 0.463 e. The van der Waals surface area contributed by atoms with Crippen molar-refractivity contribution in [2.24, 2.45) is 5.11 Å². The molecule has 2 aromatic carbocycles. The molecule has 2 aromatic rings. The predicted molar refractivity (Wildman–Crippen MR) is 200 cm³/mol. The number of nitrogens with one attached hydrogen (secondary N) is 1. The summed E-state index contributed by atoms with van der Waals surface area (Å²) in [6, 6.07) is 8.66. The molecule has 0 aliphatic carbocycles. The number of hydrogen-bond acceptors (Lipinski definition) is 20. The molecule has 5 atom stereocenters. The van der Waals surface area contributed by atoms with Crippen molar-refractivity contribution in [2.45, 2.75) is 65.0 Å². The Labute approximate surface area is 344 Å². The van der Waals surface area contributed by atoms with E-state index in [4.69, 9.17) is 56.5 Å². The van der Waals surface area contributed by atoms with Gasteiger partial charge in [-0.25, -0.2) is 0 Å². The maximum absolute atomic E-state index is 13.2. The molecule has 0 aromatic heterocycles. The van der Waals surface area contributed by atoms with E-state index >= 15 is 0 Å². The molecule has 0 spiro atoms. The lowest BCUT2D eigenvalue weighted by atomic mass is 9.98. The molecule has 330 valence electrons. The van der Waals surface area contributed by atoms with E-state index in [1.165, 1.54) is 30.3 Å². The summed E-state index contributed by atoms with van der Waals surface area (Å²) in [7, 11) is -5.01. The first kappa shape index (κ1) is 48.6. The Hall–Kier alpha value is -5.75. The van der Waals surface area contributed by atoms with Crippen molar-refractivity contribution in [3.63, 3.8) is 0 Å². The van der Waals surface area contributed by atoms with Crippen molar-refractivity contribution in [1.29, 1.82) is 0 Å². The van der Waals surface area contributed by atoms with Gasteiger partial charge in [0.05, 0.1) is 46.2 Å². The van der Waals surface area contributed by atoms with Gasteiger partial charge in [0.2, 0.25) is 12.4 Å². The molecule has 0 saturated carbocycles.